The smallest absolute Gasteiger partial charge is 0.374 e. The van der Waals surface area contributed by atoms with E-state index in [2.05, 4.69) is 5.16 Å². The lowest BCUT2D eigenvalue weighted by molar-refractivity contribution is -0.287. The van der Waals surface area contributed by atoms with Gasteiger partial charge in [-0.25, -0.2) is 0 Å². The molecule has 0 saturated heterocycles. The Labute approximate surface area is 194 Å². The molecule has 2 aromatic carbocycles. The quantitative estimate of drug-likeness (QED) is 0.480. The van der Waals surface area contributed by atoms with Crippen LogP contribution in [0, 0.1) is 12.8 Å². The first-order valence-electron chi connectivity index (χ1n) is 9.41. The van der Waals surface area contributed by atoms with Crippen LogP contribution in [0.1, 0.15) is 34.0 Å². The summed E-state index contributed by atoms with van der Waals surface area (Å²) in [5.74, 6) is -2.32. The van der Waals surface area contributed by atoms with Gasteiger partial charge >= 0.3 is 12.4 Å². The van der Waals surface area contributed by atoms with Gasteiger partial charge in [-0.15, -0.1) is 0 Å². The Bertz CT molecular complexity index is 1100. The predicted molar refractivity (Wildman–Crippen MR) is 111 cm³/mol. The van der Waals surface area contributed by atoms with Gasteiger partial charge in [0.25, 0.3) is 11.5 Å². The number of nitrogens with one attached hydrogen (secondary N) is 1. The summed E-state index contributed by atoms with van der Waals surface area (Å²) in [7, 11) is 0. The fourth-order valence-electron chi connectivity index (χ4n) is 3.66. The van der Waals surface area contributed by atoms with Crippen molar-refractivity contribution in [3.63, 3.8) is 0 Å². The summed E-state index contributed by atoms with van der Waals surface area (Å²) in [5, 5.41) is 5.40. The number of aryl methyl sites for hydroxylation is 1. The molecule has 4 nitrogen and oxygen atoms in total. The molecule has 1 aliphatic rings. The molecule has 0 bridgehead atoms. The van der Waals surface area contributed by atoms with Gasteiger partial charge in [0.1, 0.15) is 6.54 Å². The highest BCUT2D eigenvalue weighted by molar-refractivity contribution is 6.34. The average Bonchev–Trinajstić information content (AvgIpc) is 3.03. The number of nitrogens with zero attached hydrogens (tertiary/aromatic N) is 1. The molecule has 178 valence electrons. The third-order valence-corrected chi connectivity index (χ3v) is 5.67. The maximum Gasteiger partial charge on any atom is 0.436 e. The summed E-state index contributed by atoms with van der Waals surface area (Å²) in [6.07, 6.45) is -9.49. The molecule has 1 amide bonds. The van der Waals surface area contributed by atoms with Gasteiger partial charge in [-0.1, -0.05) is 41.3 Å². The molecule has 0 fully saturated rings. The molecule has 1 N–H and O–H groups in total. The van der Waals surface area contributed by atoms with Gasteiger partial charge in [0.2, 0.25) is 0 Å². The Morgan fingerprint density at radius 3 is 2.21 bits per heavy atom. The fourth-order valence-corrected chi connectivity index (χ4v) is 4.19. The number of oxime groups is 1. The van der Waals surface area contributed by atoms with E-state index < -0.39 is 36.3 Å². The summed E-state index contributed by atoms with van der Waals surface area (Å²) in [5.41, 5.74) is -2.86. The van der Waals surface area contributed by atoms with Crippen molar-refractivity contribution in [2.45, 2.75) is 31.8 Å². The zero-order valence-electron chi connectivity index (χ0n) is 17.0. The molecule has 0 aliphatic carbocycles. The Hall–Kier alpha value is -2.46. The number of rotatable bonds is 4. The van der Waals surface area contributed by atoms with E-state index in [0.29, 0.717) is 0 Å². The van der Waals surface area contributed by atoms with Crippen molar-refractivity contribution < 1.29 is 36.0 Å². The molecule has 33 heavy (non-hydrogen) atoms. The van der Waals surface area contributed by atoms with Crippen LogP contribution in [0.5, 0.6) is 0 Å². The van der Waals surface area contributed by atoms with E-state index in [1.54, 1.807) is 5.32 Å². The Kier molecular flexibility index (Phi) is 6.65. The number of hydrogen-bond acceptors (Lipinski definition) is 3. The first-order valence-corrected chi connectivity index (χ1v) is 10.2. The molecule has 2 atom stereocenters. The Morgan fingerprint density at radius 1 is 1.09 bits per heavy atom. The van der Waals surface area contributed by atoms with Gasteiger partial charge in [0.15, 0.2) is 0 Å². The van der Waals surface area contributed by atoms with Crippen molar-refractivity contribution in [1.29, 1.82) is 0 Å². The summed E-state index contributed by atoms with van der Waals surface area (Å²) < 4.78 is 80.0. The molecule has 0 radical (unpaired) electrons. The summed E-state index contributed by atoms with van der Waals surface area (Å²) >= 11 is 11.8. The molecule has 12 heteroatoms. The molecule has 1 aliphatic heterocycles. The molecule has 3 rings (SSSR count). The van der Waals surface area contributed by atoms with Gasteiger partial charge in [0.05, 0.1) is 11.6 Å². The molecular formula is C21H16Cl2F6N2O2. The van der Waals surface area contributed by atoms with Gasteiger partial charge in [0, 0.05) is 26.7 Å². The predicted octanol–water partition coefficient (Wildman–Crippen LogP) is 6.42. The molecule has 0 aromatic heterocycles. The van der Waals surface area contributed by atoms with Crippen LogP contribution >= 0.6 is 23.2 Å². The van der Waals surface area contributed by atoms with E-state index in [1.807, 2.05) is 0 Å². The van der Waals surface area contributed by atoms with Crippen molar-refractivity contribution in [2.24, 2.45) is 11.1 Å². The second-order valence-corrected chi connectivity index (χ2v) is 8.38. The van der Waals surface area contributed by atoms with Gasteiger partial charge in [-0.05, 0) is 42.8 Å². The molecule has 0 spiro atoms. The van der Waals surface area contributed by atoms with Crippen LogP contribution in [0.15, 0.2) is 41.6 Å². The zero-order valence-corrected chi connectivity index (χ0v) is 18.5. The lowest BCUT2D eigenvalue weighted by atomic mass is 9.77. The Balaban J connectivity index is 1.95. The number of alkyl halides is 6. The maximum absolute atomic E-state index is 14.3. The zero-order chi connectivity index (χ0) is 24.8. The minimum absolute atomic E-state index is 0.0181. The van der Waals surface area contributed by atoms with Crippen molar-refractivity contribution in [3.05, 3.63) is 68.7 Å². The van der Waals surface area contributed by atoms with E-state index in [9.17, 15) is 31.1 Å². The minimum atomic E-state index is -4.90. The van der Waals surface area contributed by atoms with Gasteiger partial charge in [-0.2, -0.15) is 26.3 Å². The SMILES string of the molecule is Cc1cc(C2=NOC(c3cc(Cl)cc(Cl)c3)(C(F)(F)F)C2C)ccc1C(=O)NCC(F)(F)F. The highest BCUT2D eigenvalue weighted by Crippen LogP contribution is 2.52. The number of carbonyl (C=O) groups is 1. The van der Waals surface area contributed by atoms with Crippen molar-refractivity contribution in [2.75, 3.05) is 6.54 Å². The van der Waals surface area contributed by atoms with Gasteiger partial charge < -0.3 is 10.2 Å². The average molecular weight is 513 g/mol. The largest absolute Gasteiger partial charge is 0.436 e. The van der Waals surface area contributed by atoms with Gasteiger partial charge in [-0.3, -0.25) is 4.79 Å². The van der Waals surface area contributed by atoms with E-state index in [1.165, 1.54) is 38.1 Å². The van der Waals surface area contributed by atoms with Crippen molar-refractivity contribution in [3.8, 4) is 0 Å². The second-order valence-electron chi connectivity index (χ2n) is 7.51. The summed E-state index contributed by atoms with van der Waals surface area (Å²) in [6.45, 7) is 1.20. The topological polar surface area (TPSA) is 50.7 Å². The van der Waals surface area contributed by atoms with Crippen LogP contribution in [-0.2, 0) is 10.4 Å². The molecule has 2 unspecified atom stereocenters. The Morgan fingerprint density at radius 2 is 1.70 bits per heavy atom. The summed E-state index contributed by atoms with van der Waals surface area (Å²) in [6, 6.07) is 7.34. The molecule has 2 aromatic rings. The molecule has 1 heterocycles. The van der Waals surface area contributed by atoms with Crippen LogP contribution in [0.3, 0.4) is 0 Å². The highest BCUT2D eigenvalue weighted by atomic mass is 35.5. The third kappa shape index (κ3) is 4.91. The number of benzene rings is 2. The van der Waals surface area contributed by atoms with Crippen LogP contribution in [0.2, 0.25) is 10.0 Å². The third-order valence-electron chi connectivity index (χ3n) is 5.24. The molecule has 0 saturated carbocycles. The number of amides is 1. The first kappa shape index (κ1) is 25.2. The van der Waals surface area contributed by atoms with Crippen molar-refractivity contribution >= 4 is 34.8 Å². The van der Waals surface area contributed by atoms with Crippen LogP contribution in [0.25, 0.3) is 0 Å². The normalized spacial score (nSPS) is 20.9. The first-order chi connectivity index (χ1) is 15.2. The lowest BCUT2D eigenvalue weighted by Gasteiger charge is -2.34. The standard InChI is InChI=1S/C21H16Cl2F6N2O2/c1-10-5-12(3-4-16(10)18(32)30-9-19(24,25)26)17-11(2)20(33-31-17,21(27,28)29)13-6-14(22)8-15(23)7-13/h3-8,11H,9H2,1-2H3,(H,30,32). The molecular weight excluding hydrogens is 497 g/mol. The highest BCUT2D eigenvalue weighted by Gasteiger charge is 2.66. The van der Waals surface area contributed by atoms with E-state index >= 15 is 0 Å². The van der Waals surface area contributed by atoms with E-state index in [4.69, 9.17) is 28.0 Å². The van der Waals surface area contributed by atoms with E-state index in [0.717, 1.165) is 12.1 Å². The van der Waals surface area contributed by atoms with Crippen LogP contribution in [-0.4, -0.2) is 30.5 Å². The second kappa shape index (κ2) is 8.72. The maximum atomic E-state index is 14.3. The van der Waals surface area contributed by atoms with Crippen LogP contribution < -0.4 is 5.32 Å². The fraction of sp³-hybridized carbons (Fsp3) is 0.333. The number of halogens is 8. The van der Waals surface area contributed by atoms with Crippen molar-refractivity contribution in [1.82, 2.24) is 5.32 Å². The number of carbonyl (C=O) groups excluding carboxylic acids is 1. The number of hydrogen-bond donors (Lipinski definition) is 1. The summed E-state index contributed by atoms with van der Waals surface area (Å²) in [4.78, 5) is 17.1. The monoisotopic (exact) mass is 512 g/mol. The van der Waals surface area contributed by atoms with Crippen LogP contribution in [0.4, 0.5) is 26.3 Å². The lowest BCUT2D eigenvalue weighted by Crippen LogP contribution is -2.48. The van der Waals surface area contributed by atoms with E-state index in [-0.39, 0.29) is 38.0 Å². The minimum Gasteiger partial charge on any atom is -0.374 e.